The Bertz CT molecular complexity index is 111. The molecule has 3 atom stereocenters. The summed E-state index contributed by atoms with van der Waals surface area (Å²) in [4.78, 5) is 0. The van der Waals surface area contributed by atoms with Crippen LogP contribution in [-0.2, 0) is 0 Å². The summed E-state index contributed by atoms with van der Waals surface area (Å²) in [6.07, 6.45) is 4.34. The topological polar surface area (TPSA) is 12.0 Å². The van der Waals surface area contributed by atoms with E-state index in [1.165, 1.54) is 25.8 Å². The predicted octanol–water partition coefficient (Wildman–Crippen LogP) is 1.39. The van der Waals surface area contributed by atoms with Crippen molar-refractivity contribution >= 4 is 0 Å². The SMILES string of the molecule is CCC1CC2CC1CN2. The second-order valence-corrected chi connectivity index (χ2v) is 3.50. The van der Waals surface area contributed by atoms with Crippen LogP contribution in [-0.4, -0.2) is 12.6 Å². The van der Waals surface area contributed by atoms with Gasteiger partial charge in [0.1, 0.15) is 0 Å². The monoisotopic (exact) mass is 125 g/mol. The molecule has 0 spiro atoms. The van der Waals surface area contributed by atoms with Gasteiger partial charge in [-0.1, -0.05) is 13.3 Å². The molecule has 1 heterocycles. The van der Waals surface area contributed by atoms with Crippen LogP contribution in [0.5, 0.6) is 0 Å². The van der Waals surface area contributed by atoms with Crippen LogP contribution < -0.4 is 5.32 Å². The van der Waals surface area contributed by atoms with Crippen molar-refractivity contribution in [2.24, 2.45) is 11.8 Å². The van der Waals surface area contributed by atoms with Gasteiger partial charge in [0.25, 0.3) is 0 Å². The minimum atomic E-state index is 0.903. The third kappa shape index (κ3) is 0.787. The van der Waals surface area contributed by atoms with E-state index in [2.05, 4.69) is 12.2 Å². The van der Waals surface area contributed by atoms with Gasteiger partial charge in [0.2, 0.25) is 0 Å². The molecule has 1 aliphatic heterocycles. The molecule has 1 nitrogen and oxygen atoms in total. The van der Waals surface area contributed by atoms with Crippen LogP contribution in [0.3, 0.4) is 0 Å². The van der Waals surface area contributed by atoms with E-state index in [0.29, 0.717) is 0 Å². The van der Waals surface area contributed by atoms with E-state index in [0.717, 1.165) is 17.9 Å². The molecule has 1 saturated carbocycles. The first-order valence-corrected chi connectivity index (χ1v) is 4.13. The standard InChI is InChI=1S/C8H15N/c1-2-6-3-8-4-7(6)5-9-8/h6-9H,2-5H2,1H3. The number of hydrogen-bond donors (Lipinski definition) is 1. The Morgan fingerprint density at radius 2 is 2.33 bits per heavy atom. The Morgan fingerprint density at radius 3 is 2.67 bits per heavy atom. The van der Waals surface area contributed by atoms with Crippen molar-refractivity contribution in [2.75, 3.05) is 6.54 Å². The maximum absolute atomic E-state index is 3.52. The zero-order valence-corrected chi connectivity index (χ0v) is 6.06. The van der Waals surface area contributed by atoms with Crippen molar-refractivity contribution in [3.05, 3.63) is 0 Å². The molecule has 0 aromatic carbocycles. The molecule has 2 rings (SSSR count). The fraction of sp³-hybridized carbons (Fsp3) is 1.00. The molecule has 0 amide bonds. The summed E-state index contributed by atoms with van der Waals surface area (Å²) >= 11 is 0. The zero-order valence-electron chi connectivity index (χ0n) is 6.06. The maximum Gasteiger partial charge on any atom is 0.00731 e. The number of fused-ring (bicyclic) bond motifs is 2. The quantitative estimate of drug-likeness (QED) is 0.558. The molecule has 1 saturated heterocycles. The van der Waals surface area contributed by atoms with Crippen LogP contribution in [0.4, 0.5) is 0 Å². The first-order chi connectivity index (χ1) is 4.40. The smallest absolute Gasteiger partial charge is 0.00731 e. The number of rotatable bonds is 1. The van der Waals surface area contributed by atoms with E-state index < -0.39 is 0 Å². The van der Waals surface area contributed by atoms with Crippen LogP contribution in [0, 0.1) is 11.8 Å². The molecule has 1 N–H and O–H groups in total. The van der Waals surface area contributed by atoms with Crippen LogP contribution in [0.25, 0.3) is 0 Å². The summed E-state index contributed by atoms with van der Waals surface area (Å²) in [7, 11) is 0. The summed E-state index contributed by atoms with van der Waals surface area (Å²) < 4.78 is 0. The van der Waals surface area contributed by atoms with E-state index in [1.54, 1.807) is 0 Å². The predicted molar refractivity (Wildman–Crippen MR) is 38.3 cm³/mol. The van der Waals surface area contributed by atoms with Crippen molar-refractivity contribution in [3.8, 4) is 0 Å². The Labute approximate surface area is 56.8 Å². The van der Waals surface area contributed by atoms with Gasteiger partial charge in [0.15, 0.2) is 0 Å². The van der Waals surface area contributed by atoms with Crippen LogP contribution in [0.15, 0.2) is 0 Å². The number of piperidine rings is 1. The van der Waals surface area contributed by atoms with Gasteiger partial charge in [-0.05, 0) is 31.2 Å². The molecule has 0 aromatic heterocycles. The average molecular weight is 125 g/mol. The van der Waals surface area contributed by atoms with Gasteiger partial charge in [-0.3, -0.25) is 0 Å². The largest absolute Gasteiger partial charge is 0.314 e. The number of hydrogen-bond acceptors (Lipinski definition) is 1. The van der Waals surface area contributed by atoms with Crippen molar-refractivity contribution in [3.63, 3.8) is 0 Å². The lowest BCUT2D eigenvalue weighted by atomic mass is 9.93. The van der Waals surface area contributed by atoms with Gasteiger partial charge in [-0.2, -0.15) is 0 Å². The van der Waals surface area contributed by atoms with Gasteiger partial charge in [-0.15, -0.1) is 0 Å². The lowest BCUT2D eigenvalue weighted by Gasteiger charge is -2.20. The molecule has 0 radical (unpaired) electrons. The molecule has 2 fully saturated rings. The maximum atomic E-state index is 3.52. The van der Waals surface area contributed by atoms with E-state index in [4.69, 9.17) is 0 Å². The summed E-state index contributed by atoms with van der Waals surface area (Å²) in [6, 6.07) is 0.903. The average Bonchev–Trinajstić information content (AvgIpc) is 2.45. The number of nitrogens with one attached hydrogen (secondary N) is 1. The van der Waals surface area contributed by atoms with E-state index in [1.807, 2.05) is 0 Å². The lowest BCUT2D eigenvalue weighted by Crippen LogP contribution is -2.29. The van der Waals surface area contributed by atoms with Crippen molar-refractivity contribution < 1.29 is 0 Å². The highest BCUT2D eigenvalue weighted by atomic mass is 15.0. The van der Waals surface area contributed by atoms with Crippen molar-refractivity contribution in [2.45, 2.75) is 32.2 Å². The molecular weight excluding hydrogens is 110 g/mol. The summed E-state index contributed by atoms with van der Waals surface area (Å²) in [5.74, 6) is 2.11. The van der Waals surface area contributed by atoms with Crippen molar-refractivity contribution in [1.29, 1.82) is 0 Å². The molecule has 2 bridgehead atoms. The minimum Gasteiger partial charge on any atom is -0.314 e. The fourth-order valence-electron chi connectivity index (χ4n) is 2.45. The second kappa shape index (κ2) is 1.98. The van der Waals surface area contributed by atoms with Gasteiger partial charge in [0, 0.05) is 6.04 Å². The van der Waals surface area contributed by atoms with Gasteiger partial charge < -0.3 is 5.32 Å². The van der Waals surface area contributed by atoms with Gasteiger partial charge in [-0.25, -0.2) is 0 Å². The highest BCUT2D eigenvalue weighted by molar-refractivity contribution is 4.94. The Balaban J connectivity index is 2.01. The van der Waals surface area contributed by atoms with Crippen LogP contribution >= 0.6 is 0 Å². The Morgan fingerprint density at radius 1 is 1.44 bits per heavy atom. The van der Waals surface area contributed by atoms with Gasteiger partial charge >= 0.3 is 0 Å². The Kier molecular flexibility index (Phi) is 1.26. The molecule has 52 valence electrons. The Hall–Kier alpha value is -0.0400. The summed E-state index contributed by atoms with van der Waals surface area (Å²) in [5, 5.41) is 3.52. The normalized spacial score (nSPS) is 48.3. The van der Waals surface area contributed by atoms with Gasteiger partial charge in [0.05, 0.1) is 0 Å². The highest BCUT2D eigenvalue weighted by Crippen LogP contribution is 2.37. The molecule has 9 heavy (non-hydrogen) atoms. The molecule has 0 aromatic rings. The minimum absolute atomic E-state index is 0.903. The zero-order chi connectivity index (χ0) is 6.27. The lowest BCUT2D eigenvalue weighted by molar-refractivity contribution is 0.342. The first kappa shape index (κ1) is 5.72. The van der Waals surface area contributed by atoms with E-state index in [9.17, 15) is 0 Å². The highest BCUT2D eigenvalue weighted by Gasteiger charge is 2.37. The van der Waals surface area contributed by atoms with Crippen LogP contribution in [0.2, 0.25) is 0 Å². The third-order valence-corrected chi connectivity index (χ3v) is 3.03. The van der Waals surface area contributed by atoms with Crippen molar-refractivity contribution in [1.82, 2.24) is 5.32 Å². The van der Waals surface area contributed by atoms with Crippen LogP contribution in [0.1, 0.15) is 26.2 Å². The van der Waals surface area contributed by atoms with E-state index >= 15 is 0 Å². The fourth-order valence-corrected chi connectivity index (χ4v) is 2.45. The first-order valence-electron chi connectivity index (χ1n) is 4.13. The molecule has 1 aliphatic carbocycles. The molecule has 3 unspecified atom stereocenters. The summed E-state index contributed by atoms with van der Waals surface area (Å²) in [5.41, 5.74) is 0. The molecular formula is C8H15N. The summed E-state index contributed by atoms with van der Waals surface area (Å²) in [6.45, 7) is 3.63. The molecule has 1 heteroatoms. The second-order valence-electron chi connectivity index (χ2n) is 3.50. The molecule has 2 aliphatic rings. The third-order valence-electron chi connectivity index (χ3n) is 3.03. The van der Waals surface area contributed by atoms with E-state index in [-0.39, 0.29) is 0 Å².